The zero-order chi connectivity index (χ0) is 13.8. The van der Waals surface area contributed by atoms with Crippen molar-refractivity contribution in [3.63, 3.8) is 0 Å². The minimum Gasteiger partial charge on any atom is -0.494 e. The van der Waals surface area contributed by atoms with Crippen molar-refractivity contribution in [3.8, 4) is 5.75 Å². The lowest BCUT2D eigenvalue weighted by Gasteiger charge is -2.07. The topological polar surface area (TPSA) is 26.3 Å². The largest absolute Gasteiger partial charge is 0.494 e. The highest BCUT2D eigenvalue weighted by Gasteiger charge is 2.13. The van der Waals surface area contributed by atoms with Gasteiger partial charge in [0.05, 0.1) is 6.61 Å². The van der Waals surface area contributed by atoms with Crippen LogP contribution in [0.4, 0.5) is 0 Å². The Hall–Kier alpha value is -0.880. The van der Waals surface area contributed by atoms with Crippen molar-refractivity contribution >= 4 is 44.3 Å². The van der Waals surface area contributed by atoms with Crippen LogP contribution in [-0.4, -0.2) is 12.4 Å². The van der Waals surface area contributed by atoms with Crippen LogP contribution in [-0.2, 0) is 0 Å². The predicted molar refractivity (Wildman–Crippen MR) is 87.9 cm³/mol. The first-order chi connectivity index (χ1) is 9.11. The molecular formula is C15H12BrIO2. The quantitative estimate of drug-likeness (QED) is 0.519. The van der Waals surface area contributed by atoms with Crippen LogP contribution in [0.15, 0.2) is 46.9 Å². The molecule has 0 heterocycles. The van der Waals surface area contributed by atoms with Gasteiger partial charge in [-0.25, -0.2) is 0 Å². The van der Waals surface area contributed by atoms with Gasteiger partial charge in [0.25, 0.3) is 0 Å². The molecule has 0 atom stereocenters. The number of ether oxygens (including phenoxy) is 1. The van der Waals surface area contributed by atoms with Gasteiger partial charge in [0.1, 0.15) is 5.75 Å². The molecule has 2 rings (SSSR count). The average Bonchev–Trinajstić information content (AvgIpc) is 2.41. The van der Waals surface area contributed by atoms with Crippen LogP contribution in [0.5, 0.6) is 5.75 Å². The number of hydrogen-bond donors (Lipinski definition) is 0. The second-order valence-electron chi connectivity index (χ2n) is 3.91. The summed E-state index contributed by atoms with van der Waals surface area (Å²) in [6.45, 7) is 2.51. The summed E-state index contributed by atoms with van der Waals surface area (Å²) in [5.41, 5.74) is 1.34. The fourth-order valence-corrected chi connectivity index (χ4v) is 2.66. The van der Waals surface area contributed by atoms with Crippen molar-refractivity contribution in [2.75, 3.05) is 6.61 Å². The Labute approximate surface area is 134 Å². The fraction of sp³-hybridized carbons (Fsp3) is 0.133. The maximum absolute atomic E-state index is 12.5. The minimum absolute atomic E-state index is 0.00672. The van der Waals surface area contributed by atoms with E-state index in [0.717, 1.165) is 13.8 Å². The predicted octanol–water partition coefficient (Wildman–Crippen LogP) is 4.68. The summed E-state index contributed by atoms with van der Waals surface area (Å²) in [5, 5.41) is 0. The molecule has 0 unspecified atom stereocenters. The van der Waals surface area contributed by atoms with E-state index >= 15 is 0 Å². The third-order valence-electron chi connectivity index (χ3n) is 2.58. The van der Waals surface area contributed by atoms with Crippen molar-refractivity contribution in [1.82, 2.24) is 0 Å². The number of benzene rings is 2. The number of halogens is 2. The molecule has 0 aliphatic rings. The summed E-state index contributed by atoms with van der Waals surface area (Å²) in [6, 6.07) is 13.0. The number of hydrogen-bond acceptors (Lipinski definition) is 2. The lowest BCUT2D eigenvalue weighted by atomic mass is 10.0. The highest BCUT2D eigenvalue weighted by atomic mass is 127. The summed E-state index contributed by atoms with van der Waals surface area (Å²) >= 11 is 5.57. The zero-order valence-corrected chi connectivity index (χ0v) is 14.1. The normalized spacial score (nSPS) is 10.3. The molecule has 98 valence electrons. The average molecular weight is 431 g/mol. The molecule has 0 radical (unpaired) electrons. The second kappa shape index (κ2) is 6.52. The summed E-state index contributed by atoms with van der Waals surface area (Å²) in [5.74, 6) is 0.727. The second-order valence-corrected chi connectivity index (χ2v) is 5.99. The highest BCUT2D eigenvalue weighted by Crippen LogP contribution is 2.23. The van der Waals surface area contributed by atoms with E-state index in [4.69, 9.17) is 4.74 Å². The molecule has 0 spiro atoms. The molecule has 0 N–H and O–H groups in total. The lowest BCUT2D eigenvalue weighted by molar-refractivity contribution is 0.103. The van der Waals surface area contributed by atoms with Gasteiger partial charge in [-0.1, -0.05) is 28.1 Å². The van der Waals surface area contributed by atoms with Gasteiger partial charge < -0.3 is 4.74 Å². The first-order valence-electron chi connectivity index (χ1n) is 5.84. The third-order valence-corrected chi connectivity index (χ3v) is 4.01. The van der Waals surface area contributed by atoms with Crippen molar-refractivity contribution in [2.45, 2.75) is 6.92 Å². The van der Waals surface area contributed by atoms with Crippen molar-refractivity contribution in [3.05, 3.63) is 61.6 Å². The maximum Gasteiger partial charge on any atom is 0.194 e. The lowest BCUT2D eigenvalue weighted by Crippen LogP contribution is -2.04. The van der Waals surface area contributed by atoms with Crippen LogP contribution >= 0.6 is 38.5 Å². The SMILES string of the molecule is CCOc1cccc(C(=O)c2cc(Br)ccc2I)c1. The van der Waals surface area contributed by atoms with Crippen molar-refractivity contribution in [2.24, 2.45) is 0 Å². The minimum atomic E-state index is 0.00672. The molecule has 0 fully saturated rings. The third kappa shape index (κ3) is 3.57. The number of rotatable bonds is 4. The van der Waals surface area contributed by atoms with E-state index in [0.29, 0.717) is 17.7 Å². The van der Waals surface area contributed by atoms with E-state index in [2.05, 4.69) is 38.5 Å². The molecule has 2 aromatic rings. The molecule has 0 saturated heterocycles. The monoisotopic (exact) mass is 430 g/mol. The van der Waals surface area contributed by atoms with E-state index < -0.39 is 0 Å². The molecule has 0 aliphatic carbocycles. The van der Waals surface area contributed by atoms with Crippen LogP contribution < -0.4 is 4.74 Å². The fourth-order valence-electron chi connectivity index (χ4n) is 1.72. The van der Waals surface area contributed by atoms with Gasteiger partial charge in [0, 0.05) is 19.2 Å². The summed E-state index contributed by atoms with van der Waals surface area (Å²) in [7, 11) is 0. The molecule has 19 heavy (non-hydrogen) atoms. The number of carbonyl (C=O) groups excluding carboxylic acids is 1. The van der Waals surface area contributed by atoms with Crippen LogP contribution in [0, 0.1) is 3.57 Å². The Morgan fingerprint density at radius 3 is 2.79 bits per heavy atom. The molecule has 2 nitrogen and oxygen atoms in total. The molecule has 2 aromatic carbocycles. The van der Waals surface area contributed by atoms with Crippen LogP contribution in [0.25, 0.3) is 0 Å². The van der Waals surface area contributed by atoms with Gasteiger partial charge in [0.15, 0.2) is 5.78 Å². The standard InChI is InChI=1S/C15H12BrIO2/c1-2-19-12-5-3-4-10(8-12)15(18)13-9-11(16)6-7-14(13)17/h3-9H,2H2,1H3. The molecule has 0 aliphatic heterocycles. The van der Waals surface area contributed by atoms with Gasteiger partial charge in [0.2, 0.25) is 0 Å². The molecule has 0 bridgehead atoms. The number of carbonyl (C=O) groups is 1. The molecule has 0 saturated carbocycles. The van der Waals surface area contributed by atoms with Crippen LogP contribution in [0.3, 0.4) is 0 Å². The molecular weight excluding hydrogens is 419 g/mol. The Morgan fingerprint density at radius 1 is 1.26 bits per heavy atom. The van der Waals surface area contributed by atoms with Crippen molar-refractivity contribution < 1.29 is 9.53 Å². The van der Waals surface area contributed by atoms with Gasteiger partial charge in [-0.2, -0.15) is 0 Å². The van der Waals surface area contributed by atoms with Crippen LogP contribution in [0.1, 0.15) is 22.8 Å². The van der Waals surface area contributed by atoms with E-state index in [9.17, 15) is 4.79 Å². The van der Waals surface area contributed by atoms with E-state index in [1.807, 2.05) is 43.3 Å². The Morgan fingerprint density at radius 2 is 2.05 bits per heavy atom. The van der Waals surface area contributed by atoms with E-state index in [1.165, 1.54) is 0 Å². The van der Waals surface area contributed by atoms with Crippen molar-refractivity contribution in [1.29, 1.82) is 0 Å². The smallest absolute Gasteiger partial charge is 0.194 e. The Bertz CT molecular complexity index is 611. The zero-order valence-electron chi connectivity index (χ0n) is 10.3. The van der Waals surface area contributed by atoms with Crippen LogP contribution in [0.2, 0.25) is 0 Å². The van der Waals surface area contributed by atoms with E-state index in [1.54, 1.807) is 6.07 Å². The molecule has 0 amide bonds. The summed E-state index contributed by atoms with van der Waals surface area (Å²) < 4.78 is 7.26. The first-order valence-corrected chi connectivity index (χ1v) is 7.71. The van der Waals surface area contributed by atoms with Gasteiger partial charge in [-0.15, -0.1) is 0 Å². The summed E-state index contributed by atoms with van der Waals surface area (Å²) in [4.78, 5) is 12.5. The van der Waals surface area contributed by atoms with Gasteiger partial charge in [-0.05, 0) is 59.8 Å². The van der Waals surface area contributed by atoms with Gasteiger partial charge >= 0.3 is 0 Å². The maximum atomic E-state index is 12.5. The Balaban J connectivity index is 2.38. The molecule has 4 heteroatoms. The van der Waals surface area contributed by atoms with Gasteiger partial charge in [-0.3, -0.25) is 4.79 Å². The Kier molecular flexibility index (Phi) is 4.99. The summed E-state index contributed by atoms with van der Waals surface area (Å²) in [6.07, 6.45) is 0. The molecule has 0 aromatic heterocycles. The highest BCUT2D eigenvalue weighted by molar-refractivity contribution is 14.1. The number of ketones is 1. The first kappa shape index (κ1) is 14.5. The van der Waals surface area contributed by atoms with E-state index in [-0.39, 0.29) is 5.78 Å².